The van der Waals surface area contributed by atoms with Gasteiger partial charge in [-0.3, -0.25) is 0 Å². The van der Waals surface area contributed by atoms with Crippen LogP contribution < -0.4 is 5.73 Å². The van der Waals surface area contributed by atoms with Crippen molar-refractivity contribution in [2.75, 3.05) is 6.54 Å². The van der Waals surface area contributed by atoms with E-state index in [2.05, 4.69) is 32.4 Å². The molecule has 0 fully saturated rings. The molecule has 2 N–H and O–H groups in total. The van der Waals surface area contributed by atoms with E-state index in [1.165, 1.54) is 0 Å². The number of aliphatic imine (C=N–C) groups is 2. The van der Waals surface area contributed by atoms with Crippen molar-refractivity contribution < 1.29 is 0 Å². The molecule has 0 saturated heterocycles. The highest BCUT2D eigenvalue weighted by atomic mass is 15.3. The Hall–Kier alpha value is -1.78. The zero-order chi connectivity index (χ0) is 9.10. The monoisotopic (exact) mass is 175 g/mol. The average molecular weight is 175 g/mol. The first-order chi connectivity index (χ1) is 6.34. The van der Waals surface area contributed by atoms with Gasteiger partial charge in [0.1, 0.15) is 0 Å². The standard InChI is InChI=1S/C8H9N5/c9-7-11-8(13-12-7)10-5-6-3-1-2-4-6/h1-4,6H,5H2,(H2,9,10,11). The molecule has 1 aliphatic heterocycles. The second-order valence-corrected chi connectivity index (χ2v) is 2.74. The molecular formula is C8H9N5. The molecule has 0 aromatic heterocycles. The number of rotatable bonds is 2. The van der Waals surface area contributed by atoms with Gasteiger partial charge >= 0.3 is 0 Å². The van der Waals surface area contributed by atoms with Crippen LogP contribution in [-0.4, -0.2) is 18.5 Å². The normalized spacial score (nSPS) is 23.4. The number of nitrogens with two attached hydrogens (primary N) is 1. The summed E-state index contributed by atoms with van der Waals surface area (Å²) < 4.78 is 0. The van der Waals surface area contributed by atoms with E-state index in [-0.39, 0.29) is 5.96 Å². The lowest BCUT2D eigenvalue weighted by atomic mass is 10.2. The van der Waals surface area contributed by atoms with E-state index in [9.17, 15) is 0 Å². The maximum Gasteiger partial charge on any atom is 0.267 e. The predicted molar refractivity (Wildman–Crippen MR) is 50.6 cm³/mol. The van der Waals surface area contributed by atoms with E-state index in [0.29, 0.717) is 18.4 Å². The van der Waals surface area contributed by atoms with Crippen LogP contribution >= 0.6 is 0 Å². The lowest BCUT2D eigenvalue weighted by Gasteiger charge is -1.97. The number of azo groups is 1. The molecule has 0 radical (unpaired) electrons. The number of nitrogens with zero attached hydrogens (tertiary/aromatic N) is 4. The second kappa shape index (κ2) is 3.30. The summed E-state index contributed by atoms with van der Waals surface area (Å²) in [6, 6.07) is 0. The fourth-order valence-electron chi connectivity index (χ4n) is 1.10. The molecule has 1 heterocycles. The van der Waals surface area contributed by atoms with Gasteiger partial charge in [-0.25, -0.2) is 4.99 Å². The summed E-state index contributed by atoms with van der Waals surface area (Å²) in [4.78, 5) is 7.95. The van der Waals surface area contributed by atoms with Crippen molar-refractivity contribution in [3.05, 3.63) is 24.3 Å². The van der Waals surface area contributed by atoms with Crippen LogP contribution in [0.25, 0.3) is 0 Å². The molecule has 0 bridgehead atoms. The Balaban J connectivity index is 1.95. The molecule has 0 atom stereocenters. The Morgan fingerprint density at radius 2 is 2.08 bits per heavy atom. The lowest BCUT2D eigenvalue weighted by molar-refractivity contribution is 0.829. The molecule has 5 heteroatoms. The first kappa shape index (κ1) is 7.85. The Morgan fingerprint density at radius 1 is 1.31 bits per heavy atom. The van der Waals surface area contributed by atoms with Gasteiger partial charge in [0.2, 0.25) is 5.96 Å². The van der Waals surface area contributed by atoms with Gasteiger partial charge in [0.05, 0.1) is 6.54 Å². The molecule has 0 unspecified atom stereocenters. The molecule has 0 spiro atoms. The van der Waals surface area contributed by atoms with Gasteiger partial charge in [-0.15, -0.1) is 10.2 Å². The molecule has 2 aliphatic rings. The van der Waals surface area contributed by atoms with E-state index in [1.54, 1.807) is 0 Å². The van der Waals surface area contributed by atoms with Crippen LogP contribution in [0.5, 0.6) is 0 Å². The quantitative estimate of drug-likeness (QED) is 0.664. The second-order valence-electron chi connectivity index (χ2n) is 2.74. The molecule has 2 rings (SSSR count). The highest BCUT2D eigenvalue weighted by molar-refractivity contribution is 5.98. The fourth-order valence-corrected chi connectivity index (χ4v) is 1.10. The molecule has 0 saturated carbocycles. The largest absolute Gasteiger partial charge is 0.366 e. The summed E-state index contributed by atoms with van der Waals surface area (Å²) in [7, 11) is 0. The SMILES string of the molecule is NC1=NC(=NCC2C=CC=C2)N=N1. The summed E-state index contributed by atoms with van der Waals surface area (Å²) in [6.07, 6.45) is 8.14. The summed E-state index contributed by atoms with van der Waals surface area (Å²) >= 11 is 0. The zero-order valence-electron chi connectivity index (χ0n) is 6.96. The van der Waals surface area contributed by atoms with Gasteiger partial charge in [-0.2, -0.15) is 4.99 Å². The third-order valence-electron chi connectivity index (χ3n) is 1.73. The van der Waals surface area contributed by atoms with Crippen molar-refractivity contribution in [2.45, 2.75) is 0 Å². The van der Waals surface area contributed by atoms with E-state index >= 15 is 0 Å². The average Bonchev–Trinajstić information content (AvgIpc) is 2.71. The Labute approximate surface area is 75.5 Å². The third-order valence-corrected chi connectivity index (χ3v) is 1.73. The van der Waals surface area contributed by atoms with E-state index in [0.717, 1.165) is 0 Å². The maximum atomic E-state index is 5.29. The highest BCUT2D eigenvalue weighted by Gasteiger charge is 2.06. The first-order valence-corrected chi connectivity index (χ1v) is 4.00. The van der Waals surface area contributed by atoms with Crippen LogP contribution in [0.1, 0.15) is 0 Å². The van der Waals surface area contributed by atoms with Crippen LogP contribution in [0, 0.1) is 5.92 Å². The summed E-state index contributed by atoms with van der Waals surface area (Å²) in [6.45, 7) is 0.651. The van der Waals surface area contributed by atoms with Gasteiger partial charge in [-0.1, -0.05) is 24.3 Å². The number of hydrogen-bond donors (Lipinski definition) is 1. The third kappa shape index (κ3) is 1.87. The molecule has 0 aromatic rings. The fraction of sp³-hybridized carbons (Fsp3) is 0.250. The number of guanidine groups is 2. The Morgan fingerprint density at radius 3 is 2.69 bits per heavy atom. The van der Waals surface area contributed by atoms with Gasteiger partial charge in [-0.05, 0) is 0 Å². The van der Waals surface area contributed by atoms with Crippen molar-refractivity contribution in [3.63, 3.8) is 0 Å². The van der Waals surface area contributed by atoms with Crippen LogP contribution in [-0.2, 0) is 0 Å². The van der Waals surface area contributed by atoms with Crippen molar-refractivity contribution >= 4 is 11.9 Å². The highest BCUT2D eigenvalue weighted by Crippen LogP contribution is 2.09. The van der Waals surface area contributed by atoms with E-state index < -0.39 is 0 Å². The van der Waals surface area contributed by atoms with E-state index in [4.69, 9.17) is 5.73 Å². The molecule has 0 amide bonds. The van der Waals surface area contributed by atoms with Crippen LogP contribution in [0.3, 0.4) is 0 Å². The number of hydrogen-bond acceptors (Lipinski definition) is 3. The summed E-state index contributed by atoms with van der Waals surface area (Å²) in [5.74, 6) is 0.905. The minimum atomic E-state index is 0.177. The van der Waals surface area contributed by atoms with Gasteiger partial charge in [0.15, 0.2) is 0 Å². The predicted octanol–water partition coefficient (Wildman–Crippen LogP) is 0.865. The minimum Gasteiger partial charge on any atom is -0.366 e. The van der Waals surface area contributed by atoms with Crippen molar-refractivity contribution in [1.29, 1.82) is 0 Å². The summed E-state index contributed by atoms with van der Waals surface area (Å²) in [5, 5.41) is 7.22. The minimum absolute atomic E-state index is 0.177. The summed E-state index contributed by atoms with van der Waals surface area (Å²) in [5.41, 5.74) is 5.29. The van der Waals surface area contributed by atoms with Crippen molar-refractivity contribution in [1.82, 2.24) is 0 Å². The Kier molecular flexibility index (Phi) is 1.99. The van der Waals surface area contributed by atoms with Crippen LogP contribution in [0.15, 0.2) is 44.5 Å². The van der Waals surface area contributed by atoms with E-state index in [1.807, 2.05) is 12.2 Å². The number of allylic oxidation sites excluding steroid dienone is 2. The van der Waals surface area contributed by atoms with Gasteiger partial charge < -0.3 is 5.73 Å². The van der Waals surface area contributed by atoms with Crippen molar-refractivity contribution in [3.8, 4) is 0 Å². The lowest BCUT2D eigenvalue weighted by Crippen LogP contribution is -2.04. The van der Waals surface area contributed by atoms with Crippen molar-refractivity contribution in [2.24, 2.45) is 31.9 Å². The van der Waals surface area contributed by atoms with Crippen LogP contribution in [0.2, 0.25) is 0 Å². The molecule has 0 aromatic carbocycles. The maximum absolute atomic E-state index is 5.29. The Bertz CT molecular complexity index is 336. The van der Waals surface area contributed by atoms with Crippen LogP contribution in [0.4, 0.5) is 0 Å². The first-order valence-electron chi connectivity index (χ1n) is 4.00. The van der Waals surface area contributed by atoms with Gasteiger partial charge in [0, 0.05) is 5.92 Å². The smallest absolute Gasteiger partial charge is 0.267 e. The zero-order valence-corrected chi connectivity index (χ0v) is 6.96. The molecular weight excluding hydrogens is 166 g/mol. The molecule has 5 nitrogen and oxygen atoms in total. The topological polar surface area (TPSA) is 75.5 Å². The molecule has 1 aliphatic carbocycles. The molecule has 13 heavy (non-hydrogen) atoms. The van der Waals surface area contributed by atoms with Gasteiger partial charge in [0.25, 0.3) is 5.96 Å². The molecule has 66 valence electrons.